The zero-order chi connectivity index (χ0) is 24.1. The largest absolute Gasteiger partial charge is 0.383 e. The number of rotatable bonds is 7. The first kappa shape index (κ1) is 23.9. The van der Waals surface area contributed by atoms with Gasteiger partial charge in [0.1, 0.15) is 5.82 Å². The standard InChI is InChI=1S/C25H27ClN4O4/c1-34-14-13-30(16-22-27-21-7-3-2-6-20(21)23(31)28-22)25(33)18-5-4-12-29(15-18)24(32)17-8-10-19(26)11-9-17/h2-3,6-11,18H,4-5,12-16H2,1H3,(H,27,28,31)/t18-/m0/s1. The van der Waals surface area contributed by atoms with Crippen molar-refractivity contribution in [2.45, 2.75) is 19.4 Å². The predicted octanol–water partition coefficient (Wildman–Crippen LogP) is 3.10. The number of aromatic amines is 1. The van der Waals surface area contributed by atoms with E-state index >= 15 is 0 Å². The van der Waals surface area contributed by atoms with Gasteiger partial charge in [0.25, 0.3) is 11.5 Å². The minimum Gasteiger partial charge on any atom is -0.383 e. The van der Waals surface area contributed by atoms with Crippen LogP contribution in [0.15, 0.2) is 53.3 Å². The number of hydrogen-bond acceptors (Lipinski definition) is 5. The van der Waals surface area contributed by atoms with E-state index < -0.39 is 0 Å². The number of nitrogens with one attached hydrogen (secondary N) is 1. The van der Waals surface area contributed by atoms with Gasteiger partial charge in [0, 0.05) is 37.3 Å². The van der Waals surface area contributed by atoms with E-state index in [1.165, 1.54) is 0 Å². The molecule has 34 heavy (non-hydrogen) atoms. The van der Waals surface area contributed by atoms with E-state index in [1.807, 2.05) is 6.07 Å². The van der Waals surface area contributed by atoms with Crippen LogP contribution in [0.3, 0.4) is 0 Å². The normalized spacial score (nSPS) is 15.9. The molecule has 0 unspecified atom stereocenters. The summed E-state index contributed by atoms with van der Waals surface area (Å²) >= 11 is 5.94. The van der Waals surface area contributed by atoms with Gasteiger partial charge in [-0.15, -0.1) is 0 Å². The second kappa shape index (κ2) is 10.8. The van der Waals surface area contributed by atoms with Gasteiger partial charge in [0.2, 0.25) is 5.91 Å². The van der Waals surface area contributed by atoms with Crippen molar-refractivity contribution in [3.63, 3.8) is 0 Å². The summed E-state index contributed by atoms with van der Waals surface area (Å²) in [6.07, 6.45) is 1.42. The number of amides is 2. The van der Waals surface area contributed by atoms with Gasteiger partial charge in [-0.3, -0.25) is 14.4 Å². The van der Waals surface area contributed by atoms with Gasteiger partial charge in [-0.2, -0.15) is 0 Å². The molecule has 4 rings (SSSR count). The lowest BCUT2D eigenvalue weighted by Crippen LogP contribution is -2.47. The molecule has 1 saturated heterocycles. The molecule has 2 heterocycles. The van der Waals surface area contributed by atoms with Crippen LogP contribution in [0.2, 0.25) is 5.02 Å². The lowest BCUT2D eigenvalue weighted by molar-refractivity contribution is -0.138. The van der Waals surface area contributed by atoms with Crippen LogP contribution in [0.5, 0.6) is 0 Å². The smallest absolute Gasteiger partial charge is 0.258 e. The minimum atomic E-state index is -0.339. The third kappa shape index (κ3) is 5.46. The first-order chi connectivity index (χ1) is 16.5. The van der Waals surface area contributed by atoms with Gasteiger partial charge in [-0.1, -0.05) is 23.7 Å². The Bertz CT molecular complexity index is 1230. The fraction of sp³-hybridized carbons (Fsp3) is 0.360. The Morgan fingerprint density at radius 2 is 1.97 bits per heavy atom. The Hall–Kier alpha value is -3.23. The van der Waals surface area contributed by atoms with Crippen molar-refractivity contribution >= 4 is 34.3 Å². The van der Waals surface area contributed by atoms with Crippen LogP contribution in [0.4, 0.5) is 0 Å². The SMILES string of the molecule is COCCN(Cc1nc2ccccc2c(=O)[nH]1)C(=O)[C@H]1CCCN(C(=O)c2ccc(Cl)cc2)C1. The van der Waals surface area contributed by atoms with Crippen LogP contribution in [-0.2, 0) is 16.1 Å². The molecule has 1 aliphatic rings. The van der Waals surface area contributed by atoms with Gasteiger partial charge in [0.05, 0.1) is 30.0 Å². The van der Waals surface area contributed by atoms with Gasteiger partial charge in [-0.25, -0.2) is 4.98 Å². The number of carbonyl (C=O) groups excluding carboxylic acids is 2. The number of piperidine rings is 1. The Balaban J connectivity index is 1.51. The second-order valence-electron chi connectivity index (χ2n) is 8.38. The van der Waals surface area contributed by atoms with Crippen molar-refractivity contribution in [1.82, 2.24) is 19.8 Å². The molecule has 9 heteroatoms. The van der Waals surface area contributed by atoms with Gasteiger partial charge in [0.15, 0.2) is 0 Å². The number of hydrogen-bond donors (Lipinski definition) is 1. The summed E-state index contributed by atoms with van der Waals surface area (Å²) in [5, 5.41) is 1.07. The van der Waals surface area contributed by atoms with Gasteiger partial charge < -0.3 is 19.5 Å². The molecule has 1 N–H and O–H groups in total. The van der Waals surface area contributed by atoms with E-state index in [0.29, 0.717) is 60.0 Å². The van der Waals surface area contributed by atoms with Gasteiger partial charge >= 0.3 is 0 Å². The molecular formula is C25H27ClN4O4. The average molecular weight is 483 g/mol. The molecule has 3 aromatic rings. The molecule has 0 spiro atoms. The van der Waals surface area contributed by atoms with E-state index in [0.717, 1.165) is 6.42 Å². The first-order valence-corrected chi connectivity index (χ1v) is 11.6. The topological polar surface area (TPSA) is 95.6 Å². The predicted molar refractivity (Wildman–Crippen MR) is 130 cm³/mol. The molecule has 178 valence electrons. The van der Waals surface area contributed by atoms with E-state index in [2.05, 4.69) is 9.97 Å². The number of halogens is 1. The second-order valence-corrected chi connectivity index (χ2v) is 8.82. The number of methoxy groups -OCH3 is 1. The molecule has 2 aromatic carbocycles. The molecule has 2 amide bonds. The third-order valence-corrected chi connectivity index (χ3v) is 6.28. The maximum absolute atomic E-state index is 13.5. The number of aromatic nitrogens is 2. The zero-order valence-corrected chi connectivity index (χ0v) is 19.8. The van der Waals surface area contributed by atoms with Crippen molar-refractivity contribution in [2.75, 3.05) is 33.4 Å². The molecule has 8 nitrogen and oxygen atoms in total. The van der Waals surface area contributed by atoms with E-state index in [1.54, 1.807) is 59.4 Å². The Morgan fingerprint density at radius 3 is 2.74 bits per heavy atom. The molecule has 0 bridgehead atoms. The summed E-state index contributed by atoms with van der Waals surface area (Å²) in [6.45, 7) is 1.80. The highest BCUT2D eigenvalue weighted by atomic mass is 35.5. The van der Waals surface area contributed by atoms with Crippen molar-refractivity contribution in [1.29, 1.82) is 0 Å². The fourth-order valence-electron chi connectivity index (χ4n) is 4.26. The number of carbonyl (C=O) groups is 2. The van der Waals surface area contributed by atoms with Crippen LogP contribution in [0.1, 0.15) is 29.0 Å². The van der Waals surface area contributed by atoms with Crippen LogP contribution in [0, 0.1) is 5.92 Å². The maximum Gasteiger partial charge on any atom is 0.258 e. The molecule has 0 radical (unpaired) electrons. The number of nitrogens with zero attached hydrogens (tertiary/aromatic N) is 3. The Kier molecular flexibility index (Phi) is 7.59. The maximum atomic E-state index is 13.5. The van der Waals surface area contributed by atoms with E-state index in [-0.39, 0.29) is 29.8 Å². The lowest BCUT2D eigenvalue weighted by atomic mass is 9.95. The molecule has 1 aliphatic heterocycles. The Labute approximate surface area is 202 Å². The summed E-state index contributed by atoms with van der Waals surface area (Å²) in [7, 11) is 1.58. The number of ether oxygens (including phenoxy) is 1. The lowest BCUT2D eigenvalue weighted by Gasteiger charge is -2.35. The van der Waals surface area contributed by atoms with Crippen LogP contribution in [-0.4, -0.2) is 64.9 Å². The number of benzene rings is 2. The monoisotopic (exact) mass is 482 g/mol. The number of H-pyrrole nitrogens is 1. The number of fused-ring (bicyclic) bond motifs is 1. The van der Waals surface area contributed by atoms with Crippen LogP contribution in [0.25, 0.3) is 10.9 Å². The summed E-state index contributed by atoms with van der Waals surface area (Å²) in [4.78, 5) is 49.6. The van der Waals surface area contributed by atoms with E-state index in [9.17, 15) is 14.4 Å². The molecule has 1 atom stereocenters. The summed E-state index contributed by atoms with van der Waals surface area (Å²) in [5.74, 6) is -0.119. The molecule has 0 aliphatic carbocycles. The summed E-state index contributed by atoms with van der Waals surface area (Å²) in [5.41, 5.74) is 0.890. The molecule has 1 aromatic heterocycles. The first-order valence-electron chi connectivity index (χ1n) is 11.3. The third-order valence-electron chi connectivity index (χ3n) is 6.03. The number of likely N-dealkylation sites (tertiary alicyclic amines) is 1. The highest BCUT2D eigenvalue weighted by molar-refractivity contribution is 6.30. The summed E-state index contributed by atoms with van der Waals surface area (Å²) < 4.78 is 5.21. The molecule has 0 saturated carbocycles. The molecular weight excluding hydrogens is 456 g/mol. The Morgan fingerprint density at radius 1 is 1.21 bits per heavy atom. The number of para-hydroxylation sites is 1. The van der Waals surface area contributed by atoms with Gasteiger partial charge in [-0.05, 0) is 49.2 Å². The quantitative estimate of drug-likeness (QED) is 0.558. The molecule has 1 fully saturated rings. The highest BCUT2D eigenvalue weighted by Gasteiger charge is 2.32. The van der Waals surface area contributed by atoms with Crippen LogP contribution < -0.4 is 5.56 Å². The fourth-order valence-corrected chi connectivity index (χ4v) is 4.38. The minimum absolute atomic E-state index is 0.0820. The zero-order valence-electron chi connectivity index (χ0n) is 19.0. The van der Waals surface area contributed by atoms with Crippen LogP contribution >= 0.6 is 11.6 Å². The van der Waals surface area contributed by atoms with Crippen molar-refractivity contribution in [3.8, 4) is 0 Å². The van der Waals surface area contributed by atoms with Crippen molar-refractivity contribution < 1.29 is 14.3 Å². The van der Waals surface area contributed by atoms with E-state index in [4.69, 9.17) is 16.3 Å². The highest BCUT2D eigenvalue weighted by Crippen LogP contribution is 2.22. The average Bonchev–Trinajstić information content (AvgIpc) is 2.86. The van der Waals surface area contributed by atoms with Crippen molar-refractivity contribution in [3.05, 3.63) is 75.3 Å². The van der Waals surface area contributed by atoms with Crippen molar-refractivity contribution in [2.24, 2.45) is 5.92 Å². The summed E-state index contributed by atoms with van der Waals surface area (Å²) in [6, 6.07) is 13.9.